The largest absolute Gasteiger partial charge is 0.360 e. The van der Waals surface area contributed by atoms with Gasteiger partial charge < -0.3 is 10.2 Å². The van der Waals surface area contributed by atoms with Gasteiger partial charge in [0, 0.05) is 23.3 Å². The van der Waals surface area contributed by atoms with E-state index in [2.05, 4.69) is 70.0 Å². The number of rotatable bonds is 1. The van der Waals surface area contributed by atoms with Gasteiger partial charge in [0.05, 0.1) is 0 Å². The molecule has 1 saturated heterocycles. The number of hydrogen-bond acceptors (Lipinski definition) is 2. The molecule has 1 aliphatic heterocycles. The third kappa shape index (κ3) is 2.94. The second-order valence-electron chi connectivity index (χ2n) is 7.23. The fourth-order valence-electron chi connectivity index (χ4n) is 3.58. The lowest BCUT2D eigenvalue weighted by atomic mass is 9.90. The molecule has 0 saturated carbocycles. The maximum absolute atomic E-state index is 3.58. The van der Waals surface area contributed by atoms with Gasteiger partial charge in [-0.1, -0.05) is 6.07 Å². The van der Waals surface area contributed by atoms with Gasteiger partial charge >= 0.3 is 0 Å². The summed E-state index contributed by atoms with van der Waals surface area (Å²) in [5, 5.41) is 3.58. The van der Waals surface area contributed by atoms with Gasteiger partial charge in [0.15, 0.2) is 0 Å². The van der Waals surface area contributed by atoms with Crippen LogP contribution in [0.4, 0.5) is 5.69 Å². The second kappa shape index (κ2) is 4.82. The number of benzene rings is 1. The van der Waals surface area contributed by atoms with E-state index in [1.807, 2.05) is 0 Å². The first-order chi connectivity index (χ1) is 8.72. The summed E-state index contributed by atoms with van der Waals surface area (Å²) in [6.45, 7) is 15.9. The quantitative estimate of drug-likeness (QED) is 0.829. The second-order valence-corrected chi connectivity index (χ2v) is 7.23. The lowest BCUT2D eigenvalue weighted by Crippen LogP contribution is -2.57. The molecule has 1 aliphatic rings. The highest BCUT2D eigenvalue weighted by molar-refractivity contribution is 5.55. The third-order valence-corrected chi connectivity index (χ3v) is 4.15. The molecule has 1 aromatic carbocycles. The van der Waals surface area contributed by atoms with Crippen molar-refractivity contribution in [1.82, 2.24) is 5.32 Å². The fourth-order valence-corrected chi connectivity index (χ4v) is 3.58. The summed E-state index contributed by atoms with van der Waals surface area (Å²) in [6, 6.07) is 6.89. The molecule has 0 amide bonds. The normalized spacial score (nSPS) is 22.1. The molecular weight excluding hydrogens is 232 g/mol. The Morgan fingerprint density at radius 1 is 0.947 bits per heavy atom. The summed E-state index contributed by atoms with van der Waals surface area (Å²) in [7, 11) is 0. The van der Waals surface area contributed by atoms with E-state index in [4.69, 9.17) is 0 Å². The Kier molecular flexibility index (Phi) is 3.65. The minimum absolute atomic E-state index is 0.125. The van der Waals surface area contributed by atoms with Gasteiger partial charge in [0.25, 0.3) is 0 Å². The Morgan fingerprint density at radius 2 is 1.53 bits per heavy atom. The molecule has 19 heavy (non-hydrogen) atoms. The maximum Gasteiger partial charge on any atom is 0.0475 e. The Hall–Kier alpha value is -1.02. The van der Waals surface area contributed by atoms with Gasteiger partial charge in [-0.2, -0.15) is 0 Å². The third-order valence-electron chi connectivity index (χ3n) is 4.15. The van der Waals surface area contributed by atoms with Crippen molar-refractivity contribution < 1.29 is 0 Å². The average molecular weight is 260 g/mol. The first-order valence-electron chi connectivity index (χ1n) is 7.32. The topological polar surface area (TPSA) is 15.3 Å². The number of nitrogens with zero attached hydrogens (tertiary/aromatic N) is 1. The van der Waals surface area contributed by atoms with Crippen LogP contribution < -0.4 is 10.2 Å². The molecule has 0 radical (unpaired) electrons. The molecule has 1 fully saturated rings. The lowest BCUT2D eigenvalue weighted by molar-refractivity contribution is 0.357. The Labute approximate surface area is 118 Å². The molecule has 0 aromatic heterocycles. The van der Waals surface area contributed by atoms with Crippen LogP contribution in [0.5, 0.6) is 0 Å². The fraction of sp³-hybridized carbons (Fsp3) is 0.647. The zero-order chi connectivity index (χ0) is 14.3. The van der Waals surface area contributed by atoms with Crippen molar-refractivity contribution >= 4 is 5.69 Å². The first kappa shape index (κ1) is 14.4. The van der Waals surface area contributed by atoms with Crippen molar-refractivity contribution in [1.29, 1.82) is 0 Å². The molecule has 0 unspecified atom stereocenters. The van der Waals surface area contributed by atoms with Gasteiger partial charge in [-0.05, 0) is 77.8 Å². The van der Waals surface area contributed by atoms with E-state index in [9.17, 15) is 0 Å². The van der Waals surface area contributed by atoms with Crippen LogP contribution >= 0.6 is 0 Å². The Balaban J connectivity index is 2.52. The molecule has 1 N–H and O–H groups in total. The van der Waals surface area contributed by atoms with Crippen LogP contribution in [0.3, 0.4) is 0 Å². The van der Waals surface area contributed by atoms with Crippen LogP contribution in [-0.4, -0.2) is 24.2 Å². The molecule has 0 bridgehead atoms. The van der Waals surface area contributed by atoms with Crippen molar-refractivity contribution in [3.63, 3.8) is 0 Å². The molecule has 1 heterocycles. The molecule has 2 rings (SSSR count). The van der Waals surface area contributed by atoms with Gasteiger partial charge in [-0.3, -0.25) is 0 Å². The molecular formula is C17H28N2. The van der Waals surface area contributed by atoms with E-state index in [0.29, 0.717) is 0 Å². The van der Waals surface area contributed by atoms with Crippen molar-refractivity contribution in [2.75, 3.05) is 18.0 Å². The monoisotopic (exact) mass is 260 g/mol. The zero-order valence-corrected chi connectivity index (χ0v) is 13.3. The van der Waals surface area contributed by atoms with Gasteiger partial charge in [0.2, 0.25) is 0 Å². The summed E-state index contributed by atoms with van der Waals surface area (Å²) < 4.78 is 0. The Morgan fingerprint density at radius 3 is 2.11 bits per heavy atom. The van der Waals surface area contributed by atoms with Gasteiger partial charge in [0.1, 0.15) is 0 Å². The molecule has 0 spiro atoms. The predicted octanol–water partition coefficient (Wildman–Crippen LogP) is 3.66. The van der Waals surface area contributed by atoms with Crippen LogP contribution in [0.2, 0.25) is 0 Å². The highest BCUT2D eigenvalue weighted by atomic mass is 15.3. The smallest absolute Gasteiger partial charge is 0.0475 e. The van der Waals surface area contributed by atoms with Gasteiger partial charge in [-0.25, -0.2) is 0 Å². The van der Waals surface area contributed by atoms with E-state index >= 15 is 0 Å². The van der Waals surface area contributed by atoms with Gasteiger partial charge in [-0.15, -0.1) is 0 Å². The summed E-state index contributed by atoms with van der Waals surface area (Å²) in [5.74, 6) is 0. The number of nitrogens with one attached hydrogen (secondary N) is 1. The molecule has 1 aromatic rings. The lowest BCUT2D eigenvalue weighted by Gasteiger charge is -2.49. The van der Waals surface area contributed by atoms with E-state index in [-0.39, 0.29) is 11.1 Å². The van der Waals surface area contributed by atoms with E-state index < -0.39 is 0 Å². The summed E-state index contributed by atoms with van der Waals surface area (Å²) in [4.78, 5) is 2.61. The zero-order valence-electron chi connectivity index (χ0n) is 13.3. The van der Waals surface area contributed by atoms with Crippen LogP contribution in [0.1, 0.15) is 45.2 Å². The molecule has 2 nitrogen and oxygen atoms in total. The van der Waals surface area contributed by atoms with Crippen molar-refractivity contribution in [2.45, 2.75) is 59.0 Å². The van der Waals surface area contributed by atoms with Crippen LogP contribution in [0.25, 0.3) is 0 Å². The highest BCUT2D eigenvalue weighted by Crippen LogP contribution is 2.36. The summed E-state index contributed by atoms with van der Waals surface area (Å²) in [5.41, 5.74) is 4.35. The number of aryl methyl sites for hydroxylation is 2. The van der Waals surface area contributed by atoms with Crippen LogP contribution in [-0.2, 0) is 0 Å². The van der Waals surface area contributed by atoms with Crippen molar-refractivity contribution in [2.24, 2.45) is 0 Å². The highest BCUT2D eigenvalue weighted by Gasteiger charge is 2.39. The first-order valence-corrected chi connectivity index (χ1v) is 7.32. The Bertz CT molecular complexity index is 422. The number of anilines is 1. The van der Waals surface area contributed by atoms with Crippen molar-refractivity contribution in [3.8, 4) is 0 Å². The molecule has 2 heteroatoms. The summed E-state index contributed by atoms with van der Waals surface area (Å²) >= 11 is 0. The van der Waals surface area contributed by atoms with E-state index in [0.717, 1.165) is 13.1 Å². The predicted molar refractivity (Wildman–Crippen MR) is 84.0 cm³/mol. The summed E-state index contributed by atoms with van der Waals surface area (Å²) in [6.07, 6.45) is 1.17. The van der Waals surface area contributed by atoms with E-state index in [1.165, 1.54) is 23.2 Å². The van der Waals surface area contributed by atoms with E-state index in [1.54, 1.807) is 0 Å². The molecule has 106 valence electrons. The average Bonchev–Trinajstić information content (AvgIpc) is 2.32. The minimum atomic E-state index is 0.125. The minimum Gasteiger partial charge on any atom is -0.360 e. The van der Waals surface area contributed by atoms with Crippen LogP contribution in [0.15, 0.2) is 18.2 Å². The standard InChI is InChI=1S/C17H28N2/c1-13-9-14(2)11-15(10-13)19-16(3,4)7-8-18-12-17(19,5)6/h9-11,18H,7-8,12H2,1-6H3. The molecule has 0 atom stereocenters. The maximum atomic E-state index is 3.58. The SMILES string of the molecule is Cc1cc(C)cc(N2C(C)(C)CCNCC2(C)C)c1. The number of hydrogen-bond donors (Lipinski definition) is 1. The van der Waals surface area contributed by atoms with Crippen LogP contribution in [0, 0.1) is 13.8 Å². The van der Waals surface area contributed by atoms with Crippen molar-refractivity contribution in [3.05, 3.63) is 29.3 Å². The molecule has 0 aliphatic carbocycles.